The molecule has 1 aromatic rings. The van der Waals surface area contributed by atoms with Crippen molar-refractivity contribution in [2.75, 3.05) is 30.9 Å². The Bertz CT molecular complexity index is 355. The molecule has 0 atom stereocenters. The van der Waals surface area contributed by atoms with Gasteiger partial charge in [0.1, 0.15) is 5.75 Å². The Hall–Kier alpha value is -1.36. The van der Waals surface area contributed by atoms with Crippen molar-refractivity contribution in [1.29, 1.82) is 0 Å². The highest BCUT2D eigenvalue weighted by Gasteiger charge is 2.01. The number of thioether (sulfide) groups is 1. The van der Waals surface area contributed by atoms with Gasteiger partial charge in [0.15, 0.2) is 0 Å². The van der Waals surface area contributed by atoms with Crippen molar-refractivity contribution in [1.82, 2.24) is 5.32 Å². The van der Waals surface area contributed by atoms with Crippen LogP contribution in [0.25, 0.3) is 0 Å². The lowest BCUT2D eigenvalue weighted by molar-refractivity contribution is -0.121. The highest BCUT2D eigenvalue weighted by atomic mass is 32.2. The lowest BCUT2D eigenvalue weighted by atomic mass is 10.3. The fourth-order valence-corrected chi connectivity index (χ4v) is 1.79. The molecule has 0 saturated carbocycles. The van der Waals surface area contributed by atoms with Crippen LogP contribution in [0.3, 0.4) is 0 Å². The molecule has 1 amide bonds. The molecule has 18 heavy (non-hydrogen) atoms. The predicted molar refractivity (Wildman–Crippen MR) is 77.0 cm³/mol. The number of carbonyl (C=O) groups excluding carboxylic acids is 1. The summed E-state index contributed by atoms with van der Waals surface area (Å²) in [6, 6.07) is 7.15. The highest BCUT2D eigenvalue weighted by Crippen LogP contribution is 2.12. The minimum absolute atomic E-state index is 0.0338. The van der Waals surface area contributed by atoms with Crippen molar-refractivity contribution in [3.05, 3.63) is 24.3 Å². The maximum atomic E-state index is 11.4. The highest BCUT2D eigenvalue weighted by molar-refractivity contribution is 7.98. The summed E-state index contributed by atoms with van der Waals surface area (Å²) in [5.74, 6) is 1.84. The molecule has 0 bridgehead atoms. The summed E-state index contributed by atoms with van der Waals surface area (Å²) in [5, 5.41) is 2.86. The Morgan fingerprint density at radius 2 is 2.11 bits per heavy atom. The van der Waals surface area contributed by atoms with Gasteiger partial charge in [-0.15, -0.1) is 0 Å². The van der Waals surface area contributed by atoms with Gasteiger partial charge in [-0.1, -0.05) is 0 Å². The van der Waals surface area contributed by atoms with Crippen LogP contribution < -0.4 is 15.8 Å². The molecule has 0 spiro atoms. The molecule has 100 valence electrons. The Balaban J connectivity index is 2.10. The molecule has 3 N–H and O–H groups in total. The molecule has 4 nitrogen and oxygen atoms in total. The van der Waals surface area contributed by atoms with Crippen molar-refractivity contribution in [2.24, 2.45) is 0 Å². The lowest BCUT2D eigenvalue weighted by Crippen LogP contribution is -2.26. The van der Waals surface area contributed by atoms with Gasteiger partial charge in [0.25, 0.3) is 0 Å². The molecule has 0 aliphatic carbocycles. The summed E-state index contributed by atoms with van der Waals surface area (Å²) in [6.45, 7) is 1.12. The van der Waals surface area contributed by atoms with Crippen LogP contribution in [0.4, 0.5) is 5.69 Å². The molecule has 1 rings (SSSR count). The third-order valence-corrected chi connectivity index (χ3v) is 3.02. The van der Waals surface area contributed by atoms with Gasteiger partial charge in [-0.2, -0.15) is 11.8 Å². The Kier molecular flexibility index (Phi) is 7.10. The van der Waals surface area contributed by atoms with Gasteiger partial charge < -0.3 is 15.8 Å². The molecule has 0 radical (unpaired) electrons. The van der Waals surface area contributed by atoms with Crippen LogP contribution in [-0.4, -0.2) is 31.1 Å². The molecule has 0 saturated heterocycles. The maximum absolute atomic E-state index is 11.4. The van der Waals surface area contributed by atoms with E-state index in [2.05, 4.69) is 11.6 Å². The summed E-state index contributed by atoms with van der Waals surface area (Å²) < 4.78 is 5.44. The number of nitrogens with two attached hydrogens (primary N) is 1. The van der Waals surface area contributed by atoms with E-state index in [1.165, 1.54) is 0 Å². The zero-order valence-electron chi connectivity index (χ0n) is 10.6. The number of benzene rings is 1. The molecule has 1 aromatic carbocycles. The SMILES string of the molecule is CSCCCNC(=O)CCOc1ccc(N)cc1. The molecule has 0 aromatic heterocycles. The van der Waals surface area contributed by atoms with E-state index < -0.39 is 0 Å². The fraction of sp³-hybridized carbons (Fsp3) is 0.462. The van der Waals surface area contributed by atoms with Gasteiger partial charge in [0.05, 0.1) is 13.0 Å². The largest absolute Gasteiger partial charge is 0.493 e. The normalized spacial score (nSPS) is 10.1. The number of ether oxygens (including phenoxy) is 1. The maximum Gasteiger partial charge on any atom is 0.223 e. The van der Waals surface area contributed by atoms with Crippen LogP contribution in [0.1, 0.15) is 12.8 Å². The van der Waals surface area contributed by atoms with Crippen molar-refractivity contribution in [3.8, 4) is 5.75 Å². The smallest absolute Gasteiger partial charge is 0.223 e. The number of amides is 1. The molecule has 0 fully saturated rings. The number of anilines is 1. The first-order valence-electron chi connectivity index (χ1n) is 5.96. The van der Waals surface area contributed by atoms with Crippen LogP contribution in [0.15, 0.2) is 24.3 Å². The average molecular weight is 268 g/mol. The van der Waals surface area contributed by atoms with E-state index in [0.717, 1.165) is 24.5 Å². The minimum Gasteiger partial charge on any atom is -0.493 e. The second-order valence-electron chi connectivity index (χ2n) is 3.86. The zero-order chi connectivity index (χ0) is 13.2. The van der Waals surface area contributed by atoms with E-state index in [-0.39, 0.29) is 5.91 Å². The van der Waals surface area contributed by atoms with Crippen LogP contribution in [-0.2, 0) is 4.79 Å². The summed E-state index contributed by atoms with van der Waals surface area (Å²) in [7, 11) is 0. The molecule has 0 aliphatic rings. The molecular weight excluding hydrogens is 248 g/mol. The number of hydrogen-bond donors (Lipinski definition) is 2. The first kappa shape index (κ1) is 14.7. The summed E-state index contributed by atoms with van der Waals surface area (Å²) >= 11 is 1.78. The number of nitrogens with one attached hydrogen (secondary N) is 1. The fourth-order valence-electron chi connectivity index (χ4n) is 1.36. The topological polar surface area (TPSA) is 64.3 Å². The van der Waals surface area contributed by atoms with Crippen LogP contribution >= 0.6 is 11.8 Å². The van der Waals surface area contributed by atoms with Crippen LogP contribution in [0.2, 0.25) is 0 Å². The van der Waals surface area contributed by atoms with Crippen molar-refractivity contribution in [2.45, 2.75) is 12.8 Å². The third-order valence-electron chi connectivity index (χ3n) is 2.33. The molecular formula is C13H20N2O2S. The zero-order valence-corrected chi connectivity index (χ0v) is 11.5. The van der Waals surface area contributed by atoms with Gasteiger partial charge in [0, 0.05) is 12.2 Å². The molecule has 0 heterocycles. The van der Waals surface area contributed by atoms with Crippen molar-refractivity contribution >= 4 is 23.4 Å². The summed E-state index contributed by atoms with van der Waals surface area (Å²) in [4.78, 5) is 11.4. The van der Waals surface area contributed by atoms with E-state index >= 15 is 0 Å². The Labute approximate surface area is 112 Å². The molecule has 5 heteroatoms. The van der Waals surface area contributed by atoms with Gasteiger partial charge in [-0.05, 0) is 42.7 Å². The monoisotopic (exact) mass is 268 g/mol. The van der Waals surface area contributed by atoms with Crippen LogP contribution in [0.5, 0.6) is 5.75 Å². The standard InChI is InChI=1S/C13H20N2O2S/c1-18-10-2-8-15-13(16)7-9-17-12-5-3-11(14)4-6-12/h3-6H,2,7-10,14H2,1H3,(H,15,16). The second kappa shape index (κ2) is 8.69. The lowest BCUT2D eigenvalue weighted by Gasteiger charge is -2.07. The van der Waals surface area contributed by atoms with Gasteiger partial charge in [0.2, 0.25) is 5.91 Å². The first-order chi connectivity index (χ1) is 8.72. The number of hydrogen-bond acceptors (Lipinski definition) is 4. The van der Waals surface area contributed by atoms with Gasteiger partial charge in [-0.3, -0.25) is 4.79 Å². The van der Waals surface area contributed by atoms with Gasteiger partial charge >= 0.3 is 0 Å². The predicted octanol–water partition coefficient (Wildman–Crippen LogP) is 1.91. The molecule has 0 aliphatic heterocycles. The Morgan fingerprint density at radius 3 is 2.78 bits per heavy atom. The number of nitrogen functional groups attached to an aromatic ring is 1. The van der Waals surface area contributed by atoms with E-state index in [0.29, 0.717) is 18.7 Å². The second-order valence-corrected chi connectivity index (χ2v) is 4.85. The van der Waals surface area contributed by atoms with Crippen molar-refractivity contribution in [3.63, 3.8) is 0 Å². The van der Waals surface area contributed by atoms with E-state index in [9.17, 15) is 4.79 Å². The van der Waals surface area contributed by atoms with E-state index in [1.54, 1.807) is 36.0 Å². The average Bonchev–Trinajstić information content (AvgIpc) is 2.37. The first-order valence-corrected chi connectivity index (χ1v) is 7.35. The third kappa shape index (κ3) is 6.39. The Morgan fingerprint density at radius 1 is 1.39 bits per heavy atom. The van der Waals surface area contributed by atoms with Crippen LogP contribution in [0, 0.1) is 0 Å². The van der Waals surface area contributed by atoms with E-state index in [4.69, 9.17) is 10.5 Å². The van der Waals surface area contributed by atoms with Crippen molar-refractivity contribution < 1.29 is 9.53 Å². The number of rotatable bonds is 8. The quantitative estimate of drug-likeness (QED) is 0.558. The van der Waals surface area contributed by atoms with E-state index in [1.807, 2.05) is 0 Å². The molecule has 0 unspecified atom stereocenters. The minimum atomic E-state index is 0.0338. The summed E-state index contributed by atoms with van der Waals surface area (Å²) in [5.41, 5.74) is 6.26. The van der Waals surface area contributed by atoms with Gasteiger partial charge in [-0.25, -0.2) is 0 Å². The number of carbonyl (C=O) groups is 1. The summed E-state index contributed by atoms with van der Waals surface area (Å²) in [6.07, 6.45) is 3.44.